The fourth-order valence-corrected chi connectivity index (χ4v) is 14.9. The van der Waals surface area contributed by atoms with E-state index < -0.39 is 163 Å². The molecule has 7 rings (SSSR count). The van der Waals surface area contributed by atoms with Crippen LogP contribution in [0, 0.1) is 45.3 Å². The van der Waals surface area contributed by atoms with Crippen LogP contribution in [0.1, 0.15) is 107 Å². The Kier molecular flexibility index (Phi) is 15.9. The quantitative estimate of drug-likeness (QED) is 0.0773. The maximum atomic E-state index is 12.7. The van der Waals surface area contributed by atoms with Gasteiger partial charge < -0.3 is 94.8 Å². The second-order valence-corrected chi connectivity index (χ2v) is 23.1. The van der Waals surface area contributed by atoms with Gasteiger partial charge >= 0.3 is 0 Å². The molecular weight excluding hydrogens is 881 g/mol. The predicted octanol–water partition coefficient (Wildman–Crippen LogP) is -1.06. The van der Waals surface area contributed by atoms with Crippen molar-refractivity contribution >= 4 is 0 Å². The van der Waals surface area contributed by atoms with Gasteiger partial charge in [-0.25, -0.2) is 0 Å². The van der Waals surface area contributed by atoms with Crippen LogP contribution in [0.2, 0.25) is 0 Å². The summed E-state index contributed by atoms with van der Waals surface area (Å²) in [5.74, 6) is -1.22. The van der Waals surface area contributed by atoms with Crippen LogP contribution in [-0.2, 0) is 28.4 Å². The van der Waals surface area contributed by atoms with E-state index in [1.165, 1.54) is 0 Å². The van der Waals surface area contributed by atoms with Gasteiger partial charge in [0.25, 0.3) is 0 Å². The molecule has 388 valence electrons. The van der Waals surface area contributed by atoms with Gasteiger partial charge in [-0.2, -0.15) is 0 Å². The van der Waals surface area contributed by atoms with Crippen molar-refractivity contribution in [1.29, 1.82) is 0 Å². The maximum absolute atomic E-state index is 12.7. The van der Waals surface area contributed by atoms with Crippen LogP contribution in [0.5, 0.6) is 0 Å². The molecule has 7 aliphatic rings. The molecule has 0 aromatic carbocycles. The lowest BCUT2D eigenvalue weighted by Gasteiger charge is -2.72. The van der Waals surface area contributed by atoms with E-state index in [2.05, 4.69) is 26.8 Å². The minimum absolute atomic E-state index is 0.110. The van der Waals surface area contributed by atoms with Crippen LogP contribution >= 0.6 is 0 Å². The summed E-state index contributed by atoms with van der Waals surface area (Å²) >= 11 is 0. The van der Waals surface area contributed by atoms with E-state index in [1.807, 2.05) is 34.6 Å². The number of allylic oxidation sites excluding steroid dienone is 2. The second-order valence-electron chi connectivity index (χ2n) is 23.1. The van der Waals surface area contributed by atoms with Crippen molar-refractivity contribution in [3.63, 3.8) is 0 Å². The monoisotopic (exact) mass is 963 g/mol. The smallest absolute Gasteiger partial charge is 0.187 e. The molecule has 67 heavy (non-hydrogen) atoms. The lowest BCUT2D eigenvalue weighted by atomic mass is 9.34. The van der Waals surface area contributed by atoms with Gasteiger partial charge in [-0.3, -0.25) is 0 Å². The molecule has 0 unspecified atom stereocenters. The first-order valence-corrected chi connectivity index (χ1v) is 24.5. The third-order valence-corrected chi connectivity index (χ3v) is 18.7. The van der Waals surface area contributed by atoms with Gasteiger partial charge in [0, 0.05) is 0 Å². The number of aliphatic hydroxyl groups excluding tert-OH is 13. The van der Waals surface area contributed by atoms with Gasteiger partial charge in [0.1, 0.15) is 73.2 Å². The van der Waals surface area contributed by atoms with E-state index in [4.69, 9.17) is 28.4 Å². The zero-order valence-electron chi connectivity index (χ0n) is 40.3. The first-order valence-electron chi connectivity index (χ1n) is 24.5. The first kappa shape index (κ1) is 53.8. The Hall–Kier alpha value is -1.02. The molecule has 3 saturated heterocycles. The van der Waals surface area contributed by atoms with E-state index in [-0.39, 0.29) is 17.8 Å². The van der Waals surface area contributed by atoms with E-state index in [9.17, 15) is 66.4 Å². The molecule has 4 aliphatic carbocycles. The molecule has 3 aliphatic heterocycles. The minimum Gasteiger partial charge on any atom is -0.394 e. The molecule has 7 fully saturated rings. The SMILES string of the molecule is CC(C)=CCC[C@](C)(O[C@H]1O[C@H](CO)[C@@H](O)[C@H](O)[C@H]1O)[C@H]1CC[C@]2(C)[C@@H]1[C@H](O)C[C@@H]1[C@@]3(C)CC[C@H](O)C(C)(C)[C@H]3[C@@H](O[C@H]3O[C@H](CO)[C@@H](O)[C@H](O)[C@H]3O[C@H]3O[C@@H](CO)[C@H](O)[C@@H](O)[C@@H]3O)C[C@]12C. The van der Waals surface area contributed by atoms with Crippen LogP contribution in [0.25, 0.3) is 0 Å². The van der Waals surface area contributed by atoms with E-state index in [0.29, 0.717) is 51.4 Å². The number of hydrogen-bond donors (Lipinski definition) is 13. The largest absolute Gasteiger partial charge is 0.394 e. The average molecular weight is 963 g/mol. The number of aliphatic hydroxyl groups is 13. The average Bonchev–Trinajstić information content (AvgIpc) is 3.66. The van der Waals surface area contributed by atoms with Crippen molar-refractivity contribution in [3.8, 4) is 0 Å². The number of fused-ring (bicyclic) bond motifs is 5. The highest BCUT2D eigenvalue weighted by Gasteiger charge is 2.74. The third kappa shape index (κ3) is 9.03. The lowest BCUT2D eigenvalue weighted by molar-refractivity contribution is -0.383. The summed E-state index contributed by atoms with van der Waals surface area (Å²) in [6.45, 7) is 14.4. The molecule has 13 N–H and O–H groups in total. The lowest BCUT2D eigenvalue weighted by Crippen LogP contribution is -2.71. The normalized spacial score (nSPS) is 52.9. The Morgan fingerprint density at radius 3 is 1.75 bits per heavy atom. The third-order valence-electron chi connectivity index (χ3n) is 18.7. The van der Waals surface area contributed by atoms with Gasteiger partial charge in [-0.1, -0.05) is 46.3 Å². The summed E-state index contributed by atoms with van der Waals surface area (Å²) in [5.41, 5.74) is -2.56. The molecular formula is C48H82O19. The minimum atomic E-state index is -1.86. The molecule has 0 bridgehead atoms. The van der Waals surface area contributed by atoms with Gasteiger partial charge in [0.15, 0.2) is 18.9 Å². The second kappa shape index (κ2) is 19.8. The summed E-state index contributed by atoms with van der Waals surface area (Å²) in [4.78, 5) is 0. The Labute approximate surface area is 393 Å². The summed E-state index contributed by atoms with van der Waals surface area (Å²) < 4.78 is 37.9. The summed E-state index contributed by atoms with van der Waals surface area (Å²) in [6.07, 6.45) is -20.0. The highest BCUT2D eigenvalue weighted by molar-refractivity contribution is 5.22. The molecule has 19 heteroatoms. The highest BCUT2D eigenvalue weighted by atomic mass is 16.8. The van der Waals surface area contributed by atoms with E-state index in [0.717, 1.165) is 5.57 Å². The van der Waals surface area contributed by atoms with Crippen molar-refractivity contribution in [1.82, 2.24) is 0 Å². The van der Waals surface area contributed by atoms with Crippen LogP contribution in [0.3, 0.4) is 0 Å². The molecule has 4 saturated carbocycles. The van der Waals surface area contributed by atoms with Crippen LogP contribution in [-0.4, -0.2) is 202 Å². The highest BCUT2D eigenvalue weighted by Crippen LogP contribution is 2.76. The van der Waals surface area contributed by atoms with Gasteiger partial charge in [0.05, 0.1) is 43.7 Å². The Morgan fingerprint density at radius 1 is 0.642 bits per heavy atom. The van der Waals surface area contributed by atoms with Crippen molar-refractivity contribution in [2.45, 2.75) is 223 Å². The summed E-state index contributed by atoms with van der Waals surface area (Å²) in [5, 5.41) is 142. The summed E-state index contributed by atoms with van der Waals surface area (Å²) in [6, 6.07) is 0. The molecule has 19 nitrogen and oxygen atoms in total. The number of rotatable bonds is 13. The Bertz CT molecular complexity index is 1710. The summed E-state index contributed by atoms with van der Waals surface area (Å²) in [7, 11) is 0. The van der Waals surface area contributed by atoms with Crippen LogP contribution in [0.15, 0.2) is 11.6 Å². The maximum Gasteiger partial charge on any atom is 0.187 e. The Balaban J connectivity index is 1.27. The van der Waals surface area contributed by atoms with Gasteiger partial charge in [-0.15, -0.1) is 0 Å². The van der Waals surface area contributed by atoms with Gasteiger partial charge in [-0.05, 0) is 117 Å². The topological polar surface area (TPSA) is 318 Å². The molecule has 0 aromatic rings. The van der Waals surface area contributed by atoms with Gasteiger partial charge in [0.2, 0.25) is 0 Å². The van der Waals surface area contributed by atoms with E-state index in [1.54, 1.807) is 0 Å². The molecule has 0 amide bonds. The number of ether oxygens (including phenoxy) is 6. The molecule has 0 radical (unpaired) electrons. The van der Waals surface area contributed by atoms with Crippen molar-refractivity contribution in [2.24, 2.45) is 45.3 Å². The van der Waals surface area contributed by atoms with Crippen molar-refractivity contribution in [3.05, 3.63) is 11.6 Å². The van der Waals surface area contributed by atoms with Crippen LogP contribution < -0.4 is 0 Å². The predicted molar refractivity (Wildman–Crippen MR) is 235 cm³/mol. The molecule has 0 aromatic heterocycles. The number of hydrogen-bond acceptors (Lipinski definition) is 19. The van der Waals surface area contributed by atoms with Crippen molar-refractivity contribution < 1.29 is 94.8 Å². The fraction of sp³-hybridized carbons (Fsp3) is 0.958. The Morgan fingerprint density at radius 2 is 1.18 bits per heavy atom. The zero-order chi connectivity index (χ0) is 49.5. The molecule has 26 atom stereocenters. The zero-order valence-corrected chi connectivity index (χ0v) is 40.3. The van der Waals surface area contributed by atoms with Crippen molar-refractivity contribution in [2.75, 3.05) is 19.8 Å². The van der Waals surface area contributed by atoms with E-state index >= 15 is 0 Å². The molecule has 3 heterocycles. The molecule has 0 spiro atoms. The first-order chi connectivity index (χ1) is 31.3. The van der Waals surface area contributed by atoms with Crippen LogP contribution in [0.4, 0.5) is 0 Å². The fourth-order valence-electron chi connectivity index (χ4n) is 14.9. The standard InChI is InChI=1S/C48H82O19/c1-21(2)10-9-13-48(8,67-42-38(61)35(58)32(55)26(19-50)64-42)22-11-15-46(6)30(22)23(52)16-28-45(5)14-12-29(53)44(3,4)40(45)24(17-47(28,46)7)62-43-39(36(59)33(56)27(20-51)65-43)66-41-37(60)34(57)31(54)25(18-49)63-41/h10,22-43,49-61H,9,11-20H2,1-8H3/t22-,23+,24-,25-,26+,27+,28+,29-,30-,31-,32+,33+,34+,35-,36-,37-,38+,39+,40+,41+,42+,43-,45+,46+,47+,48-/m0/s1.